The molecule has 10 aromatic rings. The number of rotatable bonds is 10. The number of benzene rings is 10. The van der Waals surface area contributed by atoms with Crippen molar-refractivity contribution in [3.05, 3.63) is 393 Å². The van der Waals surface area contributed by atoms with Gasteiger partial charge in [-0.2, -0.15) is 0 Å². The predicted octanol–water partition coefficient (Wildman–Crippen LogP) is 25.4. The van der Waals surface area contributed by atoms with Gasteiger partial charge in [0.15, 0.2) is 0 Å². The molecule has 0 nitrogen and oxygen atoms in total. The minimum atomic E-state index is -0.291. The zero-order valence-electron chi connectivity index (χ0n) is 56.6. The van der Waals surface area contributed by atoms with Crippen LogP contribution in [0.25, 0.3) is 44.5 Å². The summed E-state index contributed by atoms with van der Waals surface area (Å²) >= 11 is 0. The fraction of sp³-hybridized carbons (Fsp3) is 0.196. The Bertz CT molecular complexity index is 4210. The first-order chi connectivity index (χ1) is 44.9. The molecule has 462 valence electrons. The summed E-state index contributed by atoms with van der Waals surface area (Å²) in [5, 5.41) is 0. The zero-order chi connectivity index (χ0) is 65.2. The van der Waals surface area contributed by atoms with Crippen molar-refractivity contribution < 1.29 is 0 Å². The molecule has 0 N–H and O–H groups in total. The summed E-state index contributed by atoms with van der Waals surface area (Å²) < 4.78 is 0. The van der Waals surface area contributed by atoms with Crippen molar-refractivity contribution in [3.63, 3.8) is 0 Å². The van der Waals surface area contributed by atoms with Crippen molar-refractivity contribution >= 4 is 11.1 Å². The van der Waals surface area contributed by atoms with E-state index in [4.69, 9.17) is 0 Å². The van der Waals surface area contributed by atoms with E-state index in [0.717, 1.165) is 12.3 Å². The van der Waals surface area contributed by atoms with Gasteiger partial charge in [0.25, 0.3) is 0 Å². The van der Waals surface area contributed by atoms with Gasteiger partial charge in [-0.05, 0) is 189 Å². The lowest BCUT2D eigenvalue weighted by Crippen LogP contribution is -2.29. The average molecular weight is 1200 g/mol. The van der Waals surface area contributed by atoms with Gasteiger partial charge in [0.05, 0.1) is 10.8 Å². The molecule has 0 radical (unpaired) electrons. The number of hydrogen-bond acceptors (Lipinski definition) is 0. The molecule has 0 heterocycles. The maximum absolute atomic E-state index is 3.87. The molecule has 0 spiro atoms. The zero-order valence-corrected chi connectivity index (χ0v) is 56.6. The van der Waals surface area contributed by atoms with E-state index in [1.807, 2.05) is 33.8 Å². The number of allylic oxidation sites excluding steroid dienone is 13. The molecule has 10 aromatic carbocycles. The third-order valence-electron chi connectivity index (χ3n) is 18.1. The molecule has 2 unspecified atom stereocenters. The van der Waals surface area contributed by atoms with Crippen molar-refractivity contribution in [1.29, 1.82) is 0 Å². The van der Waals surface area contributed by atoms with Gasteiger partial charge < -0.3 is 0 Å². The summed E-state index contributed by atoms with van der Waals surface area (Å²) in [7, 11) is 0. The lowest BCUT2D eigenvalue weighted by molar-refractivity contribution is 0.729. The van der Waals surface area contributed by atoms with Gasteiger partial charge in [-0.15, -0.1) is 6.58 Å². The highest BCUT2D eigenvalue weighted by molar-refractivity contribution is 5.96. The SMILES string of the molecule is C=CC/C=C\C1=C(C)c2ccccc2C1(c1ccccc1)c1ccccc1.CC.CC.CC1=CC(C)CC=C1.Cc1ccc2c(c1)C1=CC(C)C=C1C2(c1ccccc1)c1ccccc1.Cc1ccccc1-c1cccc(-c2ccc(-c3ccccc3C)c(C)c2)c1. The Labute approximate surface area is 553 Å². The Morgan fingerprint density at radius 2 is 0.902 bits per heavy atom. The largest absolute Gasteiger partial charge is 0.103 e. The number of hydrogen-bond donors (Lipinski definition) is 0. The Morgan fingerprint density at radius 3 is 1.43 bits per heavy atom. The maximum atomic E-state index is 3.87. The Balaban J connectivity index is 0.000000150. The van der Waals surface area contributed by atoms with Crippen LogP contribution in [0.15, 0.2) is 327 Å². The molecule has 0 saturated carbocycles. The van der Waals surface area contributed by atoms with Gasteiger partial charge in [-0.1, -0.05) is 350 Å². The second-order valence-corrected chi connectivity index (χ2v) is 24.3. The molecule has 0 aromatic heterocycles. The molecule has 4 aliphatic rings. The lowest BCUT2D eigenvalue weighted by atomic mass is 9.67. The summed E-state index contributed by atoms with van der Waals surface area (Å²) in [4.78, 5) is 0. The highest BCUT2D eigenvalue weighted by atomic mass is 14.5. The van der Waals surface area contributed by atoms with Crippen LogP contribution < -0.4 is 0 Å². The molecule has 92 heavy (non-hydrogen) atoms. The van der Waals surface area contributed by atoms with Gasteiger partial charge in [0.1, 0.15) is 0 Å². The Hall–Kier alpha value is -9.62. The monoisotopic (exact) mass is 1200 g/mol. The van der Waals surface area contributed by atoms with Crippen LogP contribution in [0.1, 0.15) is 135 Å². The Morgan fingerprint density at radius 1 is 0.413 bits per heavy atom. The average Bonchev–Trinajstić information content (AvgIpc) is 1.54. The van der Waals surface area contributed by atoms with Crippen molar-refractivity contribution in [1.82, 2.24) is 0 Å². The van der Waals surface area contributed by atoms with E-state index in [1.54, 1.807) is 0 Å². The van der Waals surface area contributed by atoms with Crippen molar-refractivity contribution in [2.75, 3.05) is 0 Å². The minimum Gasteiger partial charge on any atom is -0.103 e. The standard InChI is InChI=1S/2C27H24.C26H22.C8H12.2C2H6/c1-19-9-4-6-13-25(19)24-12-8-11-22(18-24)23-15-16-27(21(3)17-23)26-14-7-5-10-20(26)2;1-3-4-7-19-25-21(2)24-18-12-13-20-26(24)27(25,22-14-8-5-9-15-22)23-16-10-6-11-17-23;1-18-13-14-24-22(15-18)23-16-19(2)17-25(23)26(24,20-9-5-3-6-10-20)21-11-7-4-8-12-21;1-7-4-3-5-8(2)6-7;2*1-2/h4-18H,1-3H3;3,5-20H,1,4H2,2H3;3-17,19H,1-2H3;3-4,6,8H,5H2,1-2H3;2*1-2H3/b;19-7-;;;;. The first-order valence-electron chi connectivity index (χ1n) is 33.5. The molecular formula is C92H94. The summed E-state index contributed by atoms with van der Waals surface area (Å²) in [6.07, 6.45) is 20.2. The summed E-state index contributed by atoms with van der Waals surface area (Å²) in [6, 6.07) is 92.3. The molecule has 2 atom stereocenters. The quantitative estimate of drug-likeness (QED) is 0.120. The summed E-state index contributed by atoms with van der Waals surface area (Å²) in [5.74, 6) is 1.24. The second kappa shape index (κ2) is 31.4. The highest BCUT2D eigenvalue weighted by Gasteiger charge is 2.50. The van der Waals surface area contributed by atoms with E-state index in [9.17, 15) is 0 Å². The van der Waals surface area contributed by atoms with E-state index < -0.39 is 0 Å². The fourth-order valence-electron chi connectivity index (χ4n) is 14.1. The van der Waals surface area contributed by atoms with E-state index in [-0.39, 0.29) is 10.8 Å². The lowest BCUT2D eigenvalue weighted by Gasteiger charge is -2.35. The predicted molar refractivity (Wildman–Crippen MR) is 401 cm³/mol. The third-order valence-corrected chi connectivity index (χ3v) is 18.1. The van der Waals surface area contributed by atoms with Crippen molar-refractivity contribution in [2.24, 2.45) is 11.8 Å². The second-order valence-electron chi connectivity index (χ2n) is 24.3. The van der Waals surface area contributed by atoms with Crippen LogP contribution in [0.2, 0.25) is 0 Å². The number of aryl methyl sites for hydroxylation is 4. The van der Waals surface area contributed by atoms with Crippen LogP contribution in [0.5, 0.6) is 0 Å². The molecule has 0 amide bonds. The van der Waals surface area contributed by atoms with Crippen LogP contribution >= 0.6 is 0 Å². The molecule has 14 rings (SSSR count). The highest BCUT2D eigenvalue weighted by Crippen LogP contribution is 2.60. The molecule has 0 aliphatic heterocycles. The van der Waals surface area contributed by atoms with Crippen LogP contribution in [-0.2, 0) is 10.8 Å². The summed E-state index contributed by atoms with van der Waals surface area (Å²) in [5.41, 5.74) is 30.2. The van der Waals surface area contributed by atoms with Crippen LogP contribution in [-0.4, -0.2) is 0 Å². The van der Waals surface area contributed by atoms with Gasteiger partial charge in [-0.3, -0.25) is 0 Å². The maximum Gasteiger partial charge on any atom is 0.0710 e. The Kier molecular flexibility index (Phi) is 22.8. The minimum absolute atomic E-state index is 0.220. The van der Waals surface area contributed by atoms with E-state index in [2.05, 4.69) is 359 Å². The van der Waals surface area contributed by atoms with Crippen LogP contribution in [0, 0.1) is 39.5 Å². The first-order valence-corrected chi connectivity index (χ1v) is 33.5. The normalized spacial score (nSPS) is 15.7. The molecule has 4 aliphatic carbocycles. The van der Waals surface area contributed by atoms with E-state index >= 15 is 0 Å². The van der Waals surface area contributed by atoms with E-state index in [0.29, 0.717) is 5.92 Å². The van der Waals surface area contributed by atoms with Crippen molar-refractivity contribution in [3.8, 4) is 33.4 Å². The van der Waals surface area contributed by atoms with Crippen LogP contribution in [0.3, 0.4) is 0 Å². The molecular weight excluding hydrogens is 1110 g/mol. The number of fused-ring (bicyclic) bond motifs is 4. The molecule has 0 saturated heterocycles. The fourth-order valence-corrected chi connectivity index (χ4v) is 14.1. The topological polar surface area (TPSA) is 0 Å². The van der Waals surface area contributed by atoms with E-state index in [1.165, 1.54) is 134 Å². The first kappa shape index (κ1) is 66.8. The van der Waals surface area contributed by atoms with Gasteiger partial charge in [-0.25, -0.2) is 0 Å². The van der Waals surface area contributed by atoms with Gasteiger partial charge >= 0.3 is 0 Å². The van der Waals surface area contributed by atoms with Gasteiger partial charge in [0.2, 0.25) is 0 Å². The van der Waals surface area contributed by atoms with Gasteiger partial charge in [0, 0.05) is 0 Å². The summed E-state index contributed by atoms with van der Waals surface area (Å²) in [6.45, 7) is 29.5. The molecule has 0 fully saturated rings. The molecule has 0 bridgehead atoms. The van der Waals surface area contributed by atoms with Crippen molar-refractivity contribution in [2.45, 2.75) is 107 Å². The van der Waals surface area contributed by atoms with Crippen LogP contribution in [0.4, 0.5) is 0 Å². The molecule has 0 heteroatoms. The smallest absolute Gasteiger partial charge is 0.0710 e. The third kappa shape index (κ3) is 14.0.